The van der Waals surface area contributed by atoms with Crippen molar-refractivity contribution in [3.8, 4) is 0 Å². The number of aryl methyl sites for hydroxylation is 1. The third-order valence-corrected chi connectivity index (χ3v) is 6.59. The van der Waals surface area contributed by atoms with E-state index in [1.807, 2.05) is 18.2 Å². The summed E-state index contributed by atoms with van der Waals surface area (Å²) in [5, 5.41) is 3.89. The summed E-state index contributed by atoms with van der Waals surface area (Å²) in [6.07, 6.45) is 2.63. The van der Waals surface area contributed by atoms with Gasteiger partial charge < -0.3 is 5.32 Å². The number of rotatable bonds is 6. The first kappa shape index (κ1) is 18.5. The largest absolute Gasteiger partial charge is 0.326 e. The first-order chi connectivity index (χ1) is 12.4. The quantitative estimate of drug-likeness (QED) is 0.702. The van der Waals surface area contributed by atoms with E-state index in [0.717, 1.165) is 21.3 Å². The van der Waals surface area contributed by atoms with E-state index in [0.29, 0.717) is 12.8 Å². The number of nitrogens with one attached hydrogen (secondary N) is 1. The lowest BCUT2D eigenvalue weighted by molar-refractivity contribution is -0.116. The minimum Gasteiger partial charge on any atom is -0.326 e. The average Bonchev–Trinajstić information content (AvgIpc) is 3.08. The number of carbonyl (C=O) groups excluding carboxylic acids is 1. The van der Waals surface area contributed by atoms with Crippen LogP contribution in [-0.4, -0.2) is 37.1 Å². The number of carbonyl (C=O) groups is 1. The van der Waals surface area contributed by atoms with Gasteiger partial charge in [0.25, 0.3) is 0 Å². The van der Waals surface area contributed by atoms with Crippen molar-refractivity contribution in [3.05, 3.63) is 54.2 Å². The molecule has 8 heteroatoms. The Morgan fingerprint density at radius 3 is 2.58 bits per heavy atom. The van der Waals surface area contributed by atoms with Crippen LogP contribution in [0.4, 0.5) is 5.69 Å². The summed E-state index contributed by atoms with van der Waals surface area (Å²) in [6, 6.07) is 12.3. The molecule has 136 valence electrons. The van der Waals surface area contributed by atoms with E-state index in [-0.39, 0.29) is 10.8 Å². The van der Waals surface area contributed by atoms with Gasteiger partial charge in [-0.3, -0.25) is 4.79 Å². The zero-order valence-electron chi connectivity index (χ0n) is 14.5. The summed E-state index contributed by atoms with van der Waals surface area (Å²) >= 11 is 1.42. The lowest BCUT2D eigenvalue weighted by Gasteiger charge is -2.11. The molecule has 0 atom stereocenters. The second-order valence-corrected chi connectivity index (χ2v) is 9.04. The number of anilines is 1. The van der Waals surface area contributed by atoms with E-state index >= 15 is 0 Å². The molecule has 0 unspecified atom stereocenters. The molecule has 1 heterocycles. The van der Waals surface area contributed by atoms with Gasteiger partial charge in [0.2, 0.25) is 15.9 Å². The molecule has 0 bridgehead atoms. The number of amides is 1. The molecule has 2 aromatic carbocycles. The number of sulfonamides is 1. The first-order valence-electron chi connectivity index (χ1n) is 8.02. The maximum absolute atomic E-state index is 12.1. The van der Waals surface area contributed by atoms with Crippen molar-refractivity contribution in [2.24, 2.45) is 0 Å². The van der Waals surface area contributed by atoms with Crippen LogP contribution >= 0.6 is 11.5 Å². The van der Waals surface area contributed by atoms with Gasteiger partial charge >= 0.3 is 0 Å². The van der Waals surface area contributed by atoms with Crippen LogP contribution in [0.2, 0.25) is 0 Å². The summed E-state index contributed by atoms with van der Waals surface area (Å²) in [7, 11) is -0.435. The number of nitrogens with zero attached hydrogens (tertiary/aromatic N) is 2. The second kappa shape index (κ2) is 7.53. The van der Waals surface area contributed by atoms with Gasteiger partial charge in [0.15, 0.2) is 0 Å². The summed E-state index contributed by atoms with van der Waals surface area (Å²) < 4.78 is 30.5. The van der Waals surface area contributed by atoms with Gasteiger partial charge in [0.1, 0.15) is 0 Å². The smallest absolute Gasteiger partial charge is 0.242 e. The third kappa shape index (κ3) is 4.09. The first-order valence-corrected chi connectivity index (χ1v) is 10.2. The zero-order chi connectivity index (χ0) is 18.7. The van der Waals surface area contributed by atoms with E-state index in [1.165, 1.54) is 29.9 Å². The van der Waals surface area contributed by atoms with Gasteiger partial charge in [-0.15, -0.1) is 0 Å². The highest BCUT2D eigenvalue weighted by molar-refractivity contribution is 7.89. The minimum absolute atomic E-state index is 0.0856. The molecule has 0 saturated carbocycles. The molecule has 3 aromatic rings. The van der Waals surface area contributed by atoms with Crippen LogP contribution in [0, 0.1) is 0 Å². The van der Waals surface area contributed by atoms with Crippen LogP contribution in [0.3, 0.4) is 0 Å². The van der Waals surface area contributed by atoms with E-state index in [4.69, 9.17) is 0 Å². The molecule has 0 spiro atoms. The van der Waals surface area contributed by atoms with E-state index < -0.39 is 10.0 Å². The van der Waals surface area contributed by atoms with Gasteiger partial charge in [0, 0.05) is 37.8 Å². The Balaban J connectivity index is 1.59. The predicted molar refractivity (Wildman–Crippen MR) is 104 cm³/mol. The van der Waals surface area contributed by atoms with Crippen LogP contribution < -0.4 is 5.32 Å². The van der Waals surface area contributed by atoms with Crippen molar-refractivity contribution < 1.29 is 13.2 Å². The lowest BCUT2D eigenvalue weighted by Crippen LogP contribution is -2.22. The molecule has 26 heavy (non-hydrogen) atoms. The highest BCUT2D eigenvalue weighted by Crippen LogP contribution is 2.22. The molecule has 1 aromatic heterocycles. The molecule has 0 aliphatic heterocycles. The van der Waals surface area contributed by atoms with Crippen LogP contribution in [0.5, 0.6) is 0 Å². The number of fused-ring (bicyclic) bond motifs is 1. The Morgan fingerprint density at radius 2 is 1.88 bits per heavy atom. The molecule has 0 fully saturated rings. The van der Waals surface area contributed by atoms with Gasteiger partial charge in [-0.05, 0) is 53.8 Å². The molecule has 1 amide bonds. The number of hydrogen-bond donors (Lipinski definition) is 1. The van der Waals surface area contributed by atoms with E-state index in [2.05, 4.69) is 9.69 Å². The third-order valence-electron chi connectivity index (χ3n) is 3.98. The molecular weight excluding hydrogens is 370 g/mol. The molecule has 0 radical (unpaired) electrons. The topological polar surface area (TPSA) is 79.4 Å². The van der Waals surface area contributed by atoms with E-state index in [1.54, 1.807) is 30.5 Å². The lowest BCUT2D eigenvalue weighted by atomic mass is 10.1. The molecule has 3 rings (SSSR count). The fourth-order valence-electron chi connectivity index (χ4n) is 2.47. The normalized spacial score (nSPS) is 11.8. The highest BCUT2D eigenvalue weighted by Gasteiger charge is 2.16. The molecule has 6 nitrogen and oxygen atoms in total. The van der Waals surface area contributed by atoms with Crippen LogP contribution in [-0.2, 0) is 21.2 Å². The Labute approximate surface area is 156 Å². The molecule has 0 aliphatic carbocycles. The van der Waals surface area contributed by atoms with Crippen LogP contribution in [0.1, 0.15) is 12.0 Å². The highest BCUT2D eigenvalue weighted by atomic mass is 32.2. The Hall–Kier alpha value is -2.29. The molecular formula is C18H19N3O3S2. The number of aromatic nitrogens is 1. The maximum atomic E-state index is 12.1. The van der Waals surface area contributed by atoms with Crippen molar-refractivity contribution in [3.63, 3.8) is 0 Å². The van der Waals surface area contributed by atoms with Gasteiger partial charge in [-0.1, -0.05) is 12.1 Å². The van der Waals surface area contributed by atoms with Crippen LogP contribution in [0.15, 0.2) is 53.6 Å². The SMILES string of the molecule is CN(C)S(=O)(=O)c1ccc(CCC(=O)Nc2ccc3sncc3c2)cc1. The fourth-order valence-corrected chi connectivity index (χ4v) is 4.00. The van der Waals surface area contributed by atoms with Gasteiger partial charge in [-0.25, -0.2) is 12.7 Å². The van der Waals surface area contributed by atoms with Crippen LogP contribution in [0.25, 0.3) is 10.1 Å². The standard InChI is InChI=1S/C18H19N3O3S2/c1-21(2)26(23,24)16-7-3-13(4-8-16)5-10-18(22)20-15-6-9-17-14(11-15)12-19-25-17/h3-4,6-9,11-12H,5,10H2,1-2H3,(H,20,22). The fraction of sp³-hybridized carbons (Fsp3) is 0.222. The average molecular weight is 390 g/mol. The van der Waals surface area contributed by atoms with E-state index in [9.17, 15) is 13.2 Å². The Kier molecular flexibility index (Phi) is 5.36. The van der Waals surface area contributed by atoms with Gasteiger partial charge in [-0.2, -0.15) is 4.37 Å². The summed E-state index contributed by atoms with van der Waals surface area (Å²) in [4.78, 5) is 12.4. The molecule has 1 N–H and O–H groups in total. The maximum Gasteiger partial charge on any atom is 0.242 e. The molecule has 0 aliphatic rings. The van der Waals surface area contributed by atoms with Gasteiger partial charge in [0.05, 0.1) is 9.60 Å². The van der Waals surface area contributed by atoms with Crippen molar-refractivity contribution in [2.45, 2.75) is 17.7 Å². The Bertz CT molecular complexity index is 1030. The minimum atomic E-state index is -3.43. The predicted octanol–water partition coefficient (Wildman–Crippen LogP) is 3.12. The second-order valence-electron chi connectivity index (χ2n) is 6.06. The van der Waals surface area contributed by atoms with Crippen molar-refractivity contribution >= 4 is 43.2 Å². The monoisotopic (exact) mass is 389 g/mol. The zero-order valence-corrected chi connectivity index (χ0v) is 16.1. The Morgan fingerprint density at radius 1 is 1.15 bits per heavy atom. The summed E-state index contributed by atoms with van der Waals surface area (Å²) in [5.41, 5.74) is 1.66. The van der Waals surface area contributed by atoms with Crippen molar-refractivity contribution in [2.75, 3.05) is 19.4 Å². The number of hydrogen-bond acceptors (Lipinski definition) is 5. The molecule has 0 saturated heterocycles. The summed E-state index contributed by atoms with van der Waals surface area (Å²) in [5.74, 6) is -0.0856. The summed E-state index contributed by atoms with van der Waals surface area (Å²) in [6.45, 7) is 0. The van der Waals surface area contributed by atoms with Crippen molar-refractivity contribution in [1.82, 2.24) is 8.68 Å². The number of benzene rings is 2. The van der Waals surface area contributed by atoms with Crippen molar-refractivity contribution in [1.29, 1.82) is 0 Å².